The second kappa shape index (κ2) is 4.03. The van der Waals surface area contributed by atoms with E-state index in [1.807, 2.05) is 6.07 Å². The van der Waals surface area contributed by atoms with Crippen molar-refractivity contribution in [3.8, 4) is 0 Å². The molecule has 0 bridgehead atoms. The summed E-state index contributed by atoms with van der Waals surface area (Å²) in [4.78, 5) is 23.7. The molecule has 16 heavy (non-hydrogen) atoms. The van der Waals surface area contributed by atoms with Crippen LogP contribution in [0.3, 0.4) is 0 Å². The highest BCUT2D eigenvalue weighted by atomic mass is 16.4. The van der Waals surface area contributed by atoms with Gasteiger partial charge in [-0.15, -0.1) is 0 Å². The maximum atomic E-state index is 11.4. The van der Waals surface area contributed by atoms with E-state index >= 15 is 0 Å². The smallest absolute Gasteiger partial charge is 0.261 e. The first-order valence-corrected chi connectivity index (χ1v) is 4.86. The summed E-state index contributed by atoms with van der Waals surface area (Å²) in [7, 11) is 0. The molecule has 1 saturated heterocycles. The molecule has 0 aliphatic carbocycles. The lowest BCUT2D eigenvalue weighted by molar-refractivity contribution is -0.142. The number of likely N-dealkylation sites (tertiary alicyclic amines) is 1. The first kappa shape index (κ1) is 10.8. The van der Waals surface area contributed by atoms with E-state index < -0.39 is 24.0 Å². The molecule has 1 heterocycles. The Hall–Kier alpha value is -1.72. The number of carbonyl (C=O) groups is 2. The molecule has 0 aromatic heterocycles. The molecule has 2 N–H and O–H groups in total. The predicted octanol–water partition coefficient (Wildman–Crippen LogP) is -0.723. The van der Waals surface area contributed by atoms with Crippen LogP contribution in [-0.2, 0) is 16.1 Å². The first-order valence-electron chi connectivity index (χ1n) is 4.86. The minimum absolute atomic E-state index is 0.0760. The summed E-state index contributed by atoms with van der Waals surface area (Å²) < 4.78 is 0. The van der Waals surface area contributed by atoms with Gasteiger partial charge in [0.15, 0.2) is 12.2 Å². The highest BCUT2D eigenvalue weighted by molar-refractivity contribution is 6.07. The van der Waals surface area contributed by atoms with Gasteiger partial charge < -0.3 is 10.2 Å². The van der Waals surface area contributed by atoms with Crippen molar-refractivity contribution in [2.45, 2.75) is 18.8 Å². The molecule has 2 atom stereocenters. The van der Waals surface area contributed by atoms with Crippen molar-refractivity contribution < 1.29 is 19.8 Å². The van der Waals surface area contributed by atoms with E-state index in [0.717, 1.165) is 10.5 Å². The lowest BCUT2D eigenvalue weighted by Crippen LogP contribution is -2.31. The molecule has 2 rings (SSSR count). The van der Waals surface area contributed by atoms with E-state index in [4.69, 9.17) is 0 Å². The lowest BCUT2D eigenvalue weighted by atomic mass is 10.2. The topological polar surface area (TPSA) is 77.8 Å². The van der Waals surface area contributed by atoms with Crippen LogP contribution in [0, 0.1) is 0 Å². The number of hydrogen-bond acceptors (Lipinski definition) is 4. The van der Waals surface area contributed by atoms with Crippen LogP contribution in [0.25, 0.3) is 0 Å². The van der Waals surface area contributed by atoms with Gasteiger partial charge in [-0.05, 0) is 5.56 Å². The third kappa shape index (κ3) is 1.70. The number of aliphatic hydroxyl groups excluding tert-OH is 2. The van der Waals surface area contributed by atoms with Gasteiger partial charge in [-0.2, -0.15) is 0 Å². The van der Waals surface area contributed by atoms with Crippen molar-refractivity contribution in [2.75, 3.05) is 0 Å². The van der Waals surface area contributed by atoms with Crippen LogP contribution in [0.4, 0.5) is 0 Å². The van der Waals surface area contributed by atoms with Crippen LogP contribution in [-0.4, -0.2) is 39.1 Å². The summed E-state index contributed by atoms with van der Waals surface area (Å²) in [5, 5.41) is 18.4. The van der Waals surface area contributed by atoms with Gasteiger partial charge >= 0.3 is 0 Å². The fourth-order valence-corrected chi connectivity index (χ4v) is 1.62. The highest BCUT2D eigenvalue weighted by Gasteiger charge is 2.45. The molecule has 2 amide bonds. The Morgan fingerprint density at radius 3 is 2.00 bits per heavy atom. The van der Waals surface area contributed by atoms with Crippen molar-refractivity contribution in [3.63, 3.8) is 0 Å². The molecule has 5 heteroatoms. The Balaban J connectivity index is 2.17. The first-order chi connectivity index (χ1) is 7.61. The summed E-state index contributed by atoms with van der Waals surface area (Å²) in [6.45, 7) is 0.0760. The zero-order valence-electron chi connectivity index (χ0n) is 8.41. The molecule has 1 aromatic carbocycles. The summed E-state index contributed by atoms with van der Waals surface area (Å²) in [6, 6.07) is 8.91. The number of aliphatic hydroxyl groups is 2. The predicted molar refractivity (Wildman–Crippen MR) is 54.0 cm³/mol. The number of imide groups is 1. The van der Waals surface area contributed by atoms with Crippen LogP contribution in [0.1, 0.15) is 5.56 Å². The molecule has 0 radical (unpaired) electrons. The van der Waals surface area contributed by atoms with Crippen LogP contribution in [0.15, 0.2) is 30.3 Å². The van der Waals surface area contributed by atoms with Crippen LogP contribution in [0.5, 0.6) is 0 Å². The highest BCUT2D eigenvalue weighted by Crippen LogP contribution is 2.16. The van der Waals surface area contributed by atoms with Gasteiger partial charge in [0.2, 0.25) is 0 Å². The monoisotopic (exact) mass is 221 g/mol. The number of nitrogens with zero attached hydrogens (tertiary/aromatic N) is 1. The zero-order valence-corrected chi connectivity index (χ0v) is 8.41. The molecular weight excluding hydrogens is 210 g/mol. The standard InChI is InChI=1S/C11H11NO4/c13-8-9(14)11(16)12(10(8)15)6-7-4-2-1-3-5-7/h1-5,8-9,13-14H,6H2/t8-,9?/m1/s1. The third-order valence-corrected chi connectivity index (χ3v) is 2.52. The van der Waals surface area contributed by atoms with Crippen molar-refractivity contribution in [1.29, 1.82) is 0 Å². The molecule has 0 spiro atoms. The quantitative estimate of drug-likeness (QED) is 0.646. The minimum Gasteiger partial charge on any atom is -0.380 e. The van der Waals surface area contributed by atoms with E-state index in [2.05, 4.69) is 0 Å². The average Bonchev–Trinajstić information content (AvgIpc) is 2.48. The van der Waals surface area contributed by atoms with Crippen molar-refractivity contribution in [1.82, 2.24) is 4.90 Å². The Morgan fingerprint density at radius 2 is 1.50 bits per heavy atom. The minimum atomic E-state index is -1.63. The number of rotatable bonds is 2. The van der Waals surface area contributed by atoms with Crippen molar-refractivity contribution in [2.24, 2.45) is 0 Å². The molecule has 1 aliphatic rings. The van der Waals surface area contributed by atoms with Gasteiger partial charge in [-0.25, -0.2) is 0 Å². The maximum absolute atomic E-state index is 11.4. The molecule has 1 aliphatic heterocycles. The van der Waals surface area contributed by atoms with E-state index in [1.54, 1.807) is 24.3 Å². The number of carbonyl (C=O) groups excluding carboxylic acids is 2. The normalized spacial score (nSPS) is 25.2. The molecule has 5 nitrogen and oxygen atoms in total. The zero-order chi connectivity index (χ0) is 11.7. The average molecular weight is 221 g/mol. The van der Waals surface area contributed by atoms with Gasteiger partial charge in [0.25, 0.3) is 11.8 Å². The molecule has 1 aromatic rings. The summed E-state index contributed by atoms with van der Waals surface area (Å²) in [5.41, 5.74) is 0.769. The van der Waals surface area contributed by atoms with Gasteiger partial charge in [0, 0.05) is 0 Å². The molecule has 1 fully saturated rings. The molecular formula is C11H11NO4. The largest absolute Gasteiger partial charge is 0.380 e. The Bertz CT molecular complexity index is 397. The van der Waals surface area contributed by atoms with Crippen LogP contribution < -0.4 is 0 Å². The number of amides is 2. The SMILES string of the molecule is O=C1C(O)[C@@H](O)C(=O)N1Cc1ccccc1. The van der Waals surface area contributed by atoms with Crippen LogP contribution >= 0.6 is 0 Å². The van der Waals surface area contributed by atoms with E-state index in [9.17, 15) is 19.8 Å². The number of hydrogen-bond donors (Lipinski definition) is 2. The van der Waals surface area contributed by atoms with Gasteiger partial charge in [0.1, 0.15) is 0 Å². The fraction of sp³-hybridized carbons (Fsp3) is 0.273. The van der Waals surface area contributed by atoms with E-state index in [0.29, 0.717) is 0 Å². The second-order valence-electron chi connectivity index (χ2n) is 3.64. The van der Waals surface area contributed by atoms with Crippen molar-refractivity contribution >= 4 is 11.8 Å². The molecule has 0 saturated carbocycles. The summed E-state index contributed by atoms with van der Waals surface area (Å²) in [6.07, 6.45) is -3.26. The van der Waals surface area contributed by atoms with Gasteiger partial charge in [0.05, 0.1) is 6.54 Å². The molecule has 1 unspecified atom stereocenters. The second-order valence-corrected chi connectivity index (χ2v) is 3.64. The molecule has 84 valence electrons. The summed E-state index contributed by atoms with van der Waals surface area (Å²) >= 11 is 0. The van der Waals surface area contributed by atoms with Gasteiger partial charge in [-0.3, -0.25) is 14.5 Å². The Labute approximate surface area is 91.9 Å². The fourth-order valence-electron chi connectivity index (χ4n) is 1.62. The Kier molecular flexibility index (Phi) is 2.72. The van der Waals surface area contributed by atoms with E-state index in [-0.39, 0.29) is 6.54 Å². The van der Waals surface area contributed by atoms with Crippen LogP contribution in [0.2, 0.25) is 0 Å². The van der Waals surface area contributed by atoms with Gasteiger partial charge in [-0.1, -0.05) is 30.3 Å². The third-order valence-electron chi connectivity index (χ3n) is 2.52. The van der Waals surface area contributed by atoms with Crippen molar-refractivity contribution in [3.05, 3.63) is 35.9 Å². The maximum Gasteiger partial charge on any atom is 0.261 e. The lowest BCUT2D eigenvalue weighted by Gasteiger charge is -2.13. The summed E-state index contributed by atoms with van der Waals surface area (Å²) in [5.74, 6) is -1.50. The van der Waals surface area contributed by atoms with E-state index in [1.165, 1.54) is 0 Å². The Morgan fingerprint density at radius 1 is 1.00 bits per heavy atom. The number of benzene rings is 1.